The Kier molecular flexibility index (Phi) is 6.94. The number of benzene rings is 2. The molecule has 9 heteroatoms. The van der Waals surface area contributed by atoms with Crippen LogP contribution in [0.25, 0.3) is 0 Å². The number of hydrogen-bond acceptors (Lipinski definition) is 2. The molecule has 0 aliphatic rings. The van der Waals surface area contributed by atoms with Gasteiger partial charge >= 0.3 is 6.18 Å². The minimum Gasteiger partial charge on any atom is -0.357 e. The maximum absolute atomic E-state index is 13.5. The Labute approximate surface area is 164 Å². The number of halogens is 5. The number of rotatable bonds is 6. The van der Waals surface area contributed by atoms with Gasteiger partial charge in [-0.05, 0) is 41.3 Å². The molecule has 0 saturated heterocycles. The van der Waals surface area contributed by atoms with Gasteiger partial charge in [0.15, 0.2) is 11.6 Å². The maximum Gasteiger partial charge on any atom is 0.416 e. The molecule has 0 fully saturated rings. The fourth-order valence-electron chi connectivity index (χ4n) is 2.75. The lowest BCUT2D eigenvalue weighted by Gasteiger charge is -2.20. The highest BCUT2D eigenvalue weighted by molar-refractivity contribution is 5.88. The van der Waals surface area contributed by atoms with Gasteiger partial charge in [-0.3, -0.25) is 9.59 Å². The van der Waals surface area contributed by atoms with Crippen molar-refractivity contribution >= 4 is 11.8 Å². The van der Waals surface area contributed by atoms with Crippen molar-refractivity contribution in [1.29, 1.82) is 0 Å². The Morgan fingerprint density at radius 3 is 2.07 bits per heavy atom. The lowest BCUT2D eigenvalue weighted by atomic mass is 9.96. The smallest absolute Gasteiger partial charge is 0.357 e. The lowest BCUT2D eigenvalue weighted by molar-refractivity contribution is -0.137. The summed E-state index contributed by atoms with van der Waals surface area (Å²) in [5, 5.41) is 4.78. The number of likely N-dealkylation sites (N-methyl/N-ethyl adjacent to an activating group) is 1. The van der Waals surface area contributed by atoms with E-state index in [2.05, 4.69) is 10.6 Å². The second kappa shape index (κ2) is 9.02. The molecular weight excluding hydrogens is 395 g/mol. The number of hydrogen-bond donors (Lipinski definition) is 2. The third-order valence-corrected chi connectivity index (χ3v) is 4.39. The number of alkyl halides is 3. The first-order chi connectivity index (χ1) is 13.5. The molecule has 0 heterocycles. The van der Waals surface area contributed by atoms with Crippen molar-refractivity contribution in [1.82, 2.24) is 10.6 Å². The zero-order valence-electron chi connectivity index (χ0n) is 15.6. The largest absolute Gasteiger partial charge is 0.416 e. The van der Waals surface area contributed by atoms with Crippen molar-refractivity contribution in [2.24, 2.45) is 0 Å². The van der Waals surface area contributed by atoms with E-state index in [1.54, 1.807) is 6.92 Å². The van der Waals surface area contributed by atoms with Crippen LogP contribution in [0, 0.1) is 11.6 Å². The molecule has 0 aliphatic heterocycles. The summed E-state index contributed by atoms with van der Waals surface area (Å²) in [5.74, 6) is -3.90. The molecule has 2 aromatic rings. The molecule has 0 spiro atoms. The van der Waals surface area contributed by atoms with Gasteiger partial charge in [-0.1, -0.05) is 25.1 Å². The second-order valence-corrected chi connectivity index (χ2v) is 6.51. The third kappa shape index (κ3) is 5.75. The van der Waals surface area contributed by atoms with Gasteiger partial charge in [-0.2, -0.15) is 13.2 Å². The van der Waals surface area contributed by atoms with E-state index in [4.69, 9.17) is 0 Å². The Morgan fingerprint density at radius 2 is 1.55 bits per heavy atom. The van der Waals surface area contributed by atoms with Gasteiger partial charge in [0.1, 0.15) is 6.04 Å². The molecule has 0 aromatic heterocycles. The van der Waals surface area contributed by atoms with Gasteiger partial charge in [0.2, 0.25) is 11.8 Å². The molecule has 2 rings (SSSR count). The molecule has 0 saturated carbocycles. The molecule has 0 aliphatic carbocycles. The molecule has 4 nitrogen and oxygen atoms in total. The van der Waals surface area contributed by atoms with Crippen LogP contribution >= 0.6 is 0 Å². The van der Waals surface area contributed by atoms with Crippen LogP contribution in [0.4, 0.5) is 22.0 Å². The topological polar surface area (TPSA) is 58.2 Å². The number of nitrogens with one attached hydrogen (secondary N) is 2. The van der Waals surface area contributed by atoms with Crippen molar-refractivity contribution < 1.29 is 31.5 Å². The molecule has 2 N–H and O–H groups in total. The normalized spacial score (nSPS) is 13.5. The zero-order chi connectivity index (χ0) is 21.8. The van der Waals surface area contributed by atoms with Gasteiger partial charge in [0.25, 0.3) is 0 Å². The van der Waals surface area contributed by atoms with E-state index >= 15 is 0 Å². The summed E-state index contributed by atoms with van der Waals surface area (Å²) < 4.78 is 64.6. The number of amides is 2. The number of carbonyl (C=O) groups is 2. The van der Waals surface area contributed by atoms with Crippen molar-refractivity contribution in [3.8, 4) is 0 Å². The minimum atomic E-state index is -4.45. The first-order valence-electron chi connectivity index (χ1n) is 8.66. The van der Waals surface area contributed by atoms with Crippen molar-refractivity contribution in [2.75, 3.05) is 7.05 Å². The highest BCUT2D eigenvalue weighted by atomic mass is 19.4. The van der Waals surface area contributed by atoms with Crippen molar-refractivity contribution in [3.05, 3.63) is 70.8 Å². The van der Waals surface area contributed by atoms with Crippen LogP contribution in [0.5, 0.6) is 0 Å². The van der Waals surface area contributed by atoms with Gasteiger partial charge in [-0.15, -0.1) is 0 Å². The Bertz CT molecular complexity index is 881. The van der Waals surface area contributed by atoms with E-state index in [0.29, 0.717) is 5.56 Å². The van der Waals surface area contributed by atoms with Gasteiger partial charge < -0.3 is 10.6 Å². The monoisotopic (exact) mass is 414 g/mol. The molecule has 2 amide bonds. The highest BCUT2D eigenvalue weighted by Crippen LogP contribution is 2.30. The molecule has 2 unspecified atom stereocenters. The van der Waals surface area contributed by atoms with E-state index < -0.39 is 47.1 Å². The first-order valence-corrected chi connectivity index (χ1v) is 8.66. The van der Waals surface area contributed by atoms with E-state index in [1.807, 2.05) is 0 Å². The van der Waals surface area contributed by atoms with E-state index in [-0.39, 0.29) is 12.0 Å². The van der Waals surface area contributed by atoms with Crippen LogP contribution in [0.15, 0.2) is 42.5 Å². The molecule has 2 atom stereocenters. The van der Waals surface area contributed by atoms with Crippen LogP contribution < -0.4 is 10.6 Å². The highest BCUT2D eigenvalue weighted by Gasteiger charge is 2.30. The molecule has 156 valence electrons. The predicted octanol–water partition coefficient (Wildman–Crippen LogP) is 4.08. The number of carbonyl (C=O) groups excluding carboxylic acids is 2. The van der Waals surface area contributed by atoms with Crippen LogP contribution in [-0.2, 0) is 15.8 Å². The summed E-state index contributed by atoms with van der Waals surface area (Å²) in [4.78, 5) is 24.5. The van der Waals surface area contributed by atoms with E-state index in [9.17, 15) is 31.5 Å². The molecule has 29 heavy (non-hydrogen) atoms. The van der Waals surface area contributed by atoms with Crippen LogP contribution in [0.2, 0.25) is 0 Å². The molecule has 2 aromatic carbocycles. The Hall–Kier alpha value is -2.97. The summed E-state index contributed by atoms with van der Waals surface area (Å²) in [7, 11) is 1.33. The Balaban J connectivity index is 2.11. The molecule has 0 radical (unpaired) electrons. The van der Waals surface area contributed by atoms with E-state index in [1.165, 1.54) is 25.2 Å². The van der Waals surface area contributed by atoms with Crippen LogP contribution in [-0.4, -0.2) is 18.9 Å². The SMILES string of the molecule is CNC(=O)C(NC(=O)CC(C)c1ccc(C(F)(F)F)cc1)c1ccc(F)c(F)c1. The first kappa shape index (κ1) is 22.3. The quantitative estimate of drug-likeness (QED) is 0.700. The summed E-state index contributed by atoms with van der Waals surface area (Å²) in [6, 6.07) is 6.02. The third-order valence-electron chi connectivity index (χ3n) is 4.39. The zero-order valence-corrected chi connectivity index (χ0v) is 15.6. The molecule has 0 bridgehead atoms. The van der Waals surface area contributed by atoms with Crippen LogP contribution in [0.1, 0.15) is 42.0 Å². The lowest BCUT2D eigenvalue weighted by Crippen LogP contribution is -2.39. The second-order valence-electron chi connectivity index (χ2n) is 6.51. The van der Waals surface area contributed by atoms with Crippen molar-refractivity contribution in [2.45, 2.75) is 31.5 Å². The summed E-state index contributed by atoms with van der Waals surface area (Å²) in [6.45, 7) is 1.65. The van der Waals surface area contributed by atoms with E-state index in [0.717, 1.165) is 24.3 Å². The average Bonchev–Trinajstić information content (AvgIpc) is 2.67. The van der Waals surface area contributed by atoms with Crippen LogP contribution in [0.3, 0.4) is 0 Å². The van der Waals surface area contributed by atoms with Gasteiger partial charge in [-0.25, -0.2) is 8.78 Å². The van der Waals surface area contributed by atoms with Gasteiger partial charge in [0, 0.05) is 13.5 Å². The van der Waals surface area contributed by atoms with Crippen molar-refractivity contribution in [3.63, 3.8) is 0 Å². The maximum atomic E-state index is 13.5. The predicted molar refractivity (Wildman–Crippen MR) is 95.8 cm³/mol. The fraction of sp³-hybridized carbons (Fsp3) is 0.300. The average molecular weight is 414 g/mol. The summed E-state index contributed by atoms with van der Waals surface area (Å²) in [6.07, 6.45) is -4.58. The van der Waals surface area contributed by atoms with Gasteiger partial charge in [0.05, 0.1) is 5.56 Å². The minimum absolute atomic E-state index is 0.0544. The summed E-state index contributed by atoms with van der Waals surface area (Å²) in [5.41, 5.74) is -0.229. The molecular formula is C20H19F5N2O2. The standard InChI is InChI=1S/C20H19F5N2O2/c1-11(12-3-6-14(7-4-12)20(23,24)25)9-17(28)27-18(19(29)26-2)13-5-8-15(21)16(22)10-13/h3-8,10-11,18H,9H2,1-2H3,(H,26,29)(H,27,28). The Morgan fingerprint density at radius 1 is 0.966 bits per heavy atom. The summed E-state index contributed by atoms with van der Waals surface area (Å²) >= 11 is 0. The fourth-order valence-corrected chi connectivity index (χ4v) is 2.75.